The number of halogens is 1. The number of nitrogens with two attached hydrogens (primary N) is 1. The monoisotopic (exact) mass is 247 g/mol. The molecule has 2 aromatic rings. The molecule has 3 heteroatoms. The van der Waals surface area contributed by atoms with Crippen LogP contribution >= 0.6 is 11.8 Å². The van der Waals surface area contributed by atoms with E-state index in [1.165, 1.54) is 23.4 Å². The molecule has 1 nitrogen and oxygen atoms in total. The van der Waals surface area contributed by atoms with Gasteiger partial charge in [-0.05, 0) is 36.8 Å². The summed E-state index contributed by atoms with van der Waals surface area (Å²) >= 11 is 1.43. The van der Waals surface area contributed by atoms with Crippen LogP contribution in [-0.4, -0.2) is 0 Å². The van der Waals surface area contributed by atoms with E-state index in [4.69, 9.17) is 5.73 Å². The number of hydrogen-bond donors (Lipinski definition) is 1. The van der Waals surface area contributed by atoms with E-state index in [1.807, 2.05) is 37.3 Å². The van der Waals surface area contributed by atoms with Crippen molar-refractivity contribution in [3.05, 3.63) is 59.4 Å². The number of aryl methyl sites for hydroxylation is 1. The van der Waals surface area contributed by atoms with Gasteiger partial charge in [-0.3, -0.25) is 0 Å². The molecule has 2 rings (SSSR count). The summed E-state index contributed by atoms with van der Waals surface area (Å²) in [5.74, 6) is -0.210. The van der Waals surface area contributed by atoms with Gasteiger partial charge >= 0.3 is 0 Å². The second-order valence-electron chi connectivity index (χ2n) is 3.88. The Morgan fingerprint density at radius 2 is 1.82 bits per heavy atom. The van der Waals surface area contributed by atoms with E-state index in [1.54, 1.807) is 6.07 Å². The van der Waals surface area contributed by atoms with Gasteiger partial charge in [-0.15, -0.1) is 0 Å². The van der Waals surface area contributed by atoms with E-state index in [0.29, 0.717) is 11.4 Å². The zero-order valence-electron chi connectivity index (χ0n) is 9.61. The highest BCUT2D eigenvalue weighted by molar-refractivity contribution is 7.99. The van der Waals surface area contributed by atoms with Gasteiger partial charge in [0, 0.05) is 16.3 Å². The van der Waals surface area contributed by atoms with Crippen molar-refractivity contribution in [2.24, 2.45) is 5.73 Å². The van der Waals surface area contributed by atoms with Crippen LogP contribution in [0.3, 0.4) is 0 Å². The van der Waals surface area contributed by atoms with Crippen molar-refractivity contribution in [2.75, 3.05) is 0 Å². The third-order valence-corrected chi connectivity index (χ3v) is 3.54. The quantitative estimate of drug-likeness (QED) is 0.894. The van der Waals surface area contributed by atoms with Gasteiger partial charge in [-0.25, -0.2) is 4.39 Å². The van der Waals surface area contributed by atoms with Crippen molar-refractivity contribution in [1.82, 2.24) is 0 Å². The molecule has 0 saturated heterocycles. The second kappa shape index (κ2) is 5.34. The molecule has 2 N–H and O–H groups in total. The first-order valence-electron chi connectivity index (χ1n) is 5.42. The SMILES string of the molecule is Cc1ccc(Sc2ccc(CN)cc2F)cc1. The maximum Gasteiger partial charge on any atom is 0.137 e. The van der Waals surface area contributed by atoms with Gasteiger partial charge in [0.05, 0.1) is 0 Å². The fourth-order valence-corrected chi connectivity index (χ4v) is 2.31. The summed E-state index contributed by atoms with van der Waals surface area (Å²) < 4.78 is 13.7. The molecule has 17 heavy (non-hydrogen) atoms. The summed E-state index contributed by atoms with van der Waals surface area (Å²) in [7, 11) is 0. The third kappa shape index (κ3) is 3.08. The largest absolute Gasteiger partial charge is 0.326 e. The molecule has 0 amide bonds. The molecule has 0 aliphatic carbocycles. The lowest BCUT2D eigenvalue weighted by molar-refractivity contribution is 0.599. The van der Waals surface area contributed by atoms with E-state index >= 15 is 0 Å². The maximum absolute atomic E-state index is 13.7. The van der Waals surface area contributed by atoms with Gasteiger partial charge in [0.15, 0.2) is 0 Å². The molecular formula is C14H14FNS. The van der Waals surface area contributed by atoms with E-state index < -0.39 is 0 Å². The lowest BCUT2D eigenvalue weighted by atomic mass is 10.2. The Bertz CT molecular complexity index is 508. The Morgan fingerprint density at radius 1 is 1.12 bits per heavy atom. The topological polar surface area (TPSA) is 26.0 Å². The fraction of sp³-hybridized carbons (Fsp3) is 0.143. The Balaban J connectivity index is 2.21. The van der Waals surface area contributed by atoms with Crippen molar-refractivity contribution in [3.63, 3.8) is 0 Å². The maximum atomic E-state index is 13.7. The average Bonchev–Trinajstić information content (AvgIpc) is 2.34. The van der Waals surface area contributed by atoms with Gasteiger partial charge in [0.25, 0.3) is 0 Å². The van der Waals surface area contributed by atoms with E-state index in [0.717, 1.165) is 10.5 Å². The van der Waals surface area contributed by atoms with Crippen molar-refractivity contribution in [2.45, 2.75) is 23.3 Å². The van der Waals surface area contributed by atoms with Gasteiger partial charge in [-0.2, -0.15) is 0 Å². The Hall–Kier alpha value is -1.32. The first-order valence-corrected chi connectivity index (χ1v) is 6.23. The van der Waals surface area contributed by atoms with Crippen LogP contribution in [-0.2, 0) is 6.54 Å². The molecule has 2 aromatic carbocycles. The van der Waals surface area contributed by atoms with Crippen LogP contribution in [0, 0.1) is 12.7 Å². The molecule has 0 bridgehead atoms. The Morgan fingerprint density at radius 3 is 2.41 bits per heavy atom. The summed E-state index contributed by atoms with van der Waals surface area (Å²) in [6.45, 7) is 2.40. The van der Waals surface area contributed by atoms with Crippen molar-refractivity contribution in [3.8, 4) is 0 Å². The van der Waals surface area contributed by atoms with E-state index in [2.05, 4.69) is 0 Å². The molecular weight excluding hydrogens is 233 g/mol. The van der Waals surface area contributed by atoms with Gasteiger partial charge in [0.2, 0.25) is 0 Å². The lowest BCUT2D eigenvalue weighted by Gasteiger charge is -2.05. The van der Waals surface area contributed by atoms with E-state index in [-0.39, 0.29) is 5.82 Å². The number of hydrogen-bond acceptors (Lipinski definition) is 2. The molecule has 0 unspecified atom stereocenters. The predicted molar refractivity (Wildman–Crippen MR) is 69.6 cm³/mol. The van der Waals surface area contributed by atoms with Crippen molar-refractivity contribution >= 4 is 11.8 Å². The fourth-order valence-electron chi connectivity index (χ4n) is 1.49. The second-order valence-corrected chi connectivity index (χ2v) is 5.00. The first-order chi connectivity index (χ1) is 8.19. The summed E-state index contributed by atoms with van der Waals surface area (Å²) in [5, 5.41) is 0. The summed E-state index contributed by atoms with van der Waals surface area (Å²) in [5.41, 5.74) is 7.48. The standard InChI is InChI=1S/C14H14FNS/c1-10-2-5-12(6-3-10)17-14-7-4-11(9-16)8-13(14)15/h2-8H,9,16H2,1H3. The molecule has 88 valence electrons. The normalized spacial score (nSPS) is 10.5. The molecule has 0 aromatic heterocycles. The third-order valence-electron chi connectivity index (χ3n) is 2.48. The van der Waals surface area contributed by atoms with Gasteiger partial charge < -0.3 is 5.73 Å². The van der Waals surface area contributed by atoms with Gasteiger partial charge in [-0.1, -0.05) is 35.5 Å². The molecule has 0 atom stereocenters. The molecule has 0 aliphatic heterocycles. The highest BCUT2D eigenvalue weighted by atomic mass is 32.2. The highest BCUT2D eigenvalue weighted by Crippen LogP contribution is 2.30. The van der Waals surface area contributed by atoms with Crippen LogP contribution in [0.1, 0.15) is 11.1 Å². The van der Waals surface area contributed by atoms with Gasteiger partial charge in [0.1, 0.15) is 5.82 Å². The van der Waals surface area contributed by atoms with Crippen LogP contribution in [0.4, 0.5) is 4.39 Å². The zero-order chi connectivity index (χ0) is 12.3. The first kappa shape index (κ1) is 12.1. The minimum absolute atomic E-state index is 0.210. The molecule has 0 radical (unpaired) electrons. The smallest absolute Gasteiger partial charge is 0.137 e. The minimum Gasteiger partial charge on any atom is -0.326 e. The van der Waals surface area contributed by atoms with Crippen molar-refractivity contribution < 1.29 is 4.39 Å². The highest BCUT2D eigenvalue weighted by Gasteiger charge is 2.05. The summed E-state index contributed by atoms with van der Waals surface area (Å²) in [6, 6.07) is 13.2. The zero-order valence-corrected chi connectivity index (χ0v) is 10.4. The van der Waals surface area contributed by atoms with Crippen molar-refractivity contribution in [1.29, 1.82) is 0 Å². The predicted octanol–water partition coefficient (Wildman–Crippen LogP) is 3.74. The lowest BCUT2D eigenvalue weighted by Crippen LogP contribution is -1.96. The van der Waals surface area contributed by atoms with Crippen LogP contribution in [0.25, 0.3) is 0 Å². The van der Waals surface area contributed by atoms with Crippen LogP contribution < -0.4 is 5.73 Å². The van der Waals surface area contributed by atoms with Crippen LogP contribution in [0.5, 0.6) is 0 Å². The average molecular weight is 247 g/mol. The molecule has 0 fully saturated rings. The Labute approximate surface area is 105 Å². The molecule has 0 heterocycles. The number of rotatable bonds is 3. The van der Waals surface area contributed by atoms with Crippen LogP contribution in [0.2, 0.25) is 0 Å². The molecule has 0 saturated carbocycles. The molecule has 0 spiro atoms. The van der Waals surface area contributed by atoms with Crippen LogP contribution in [0.15, 0.2) is 52.3 Å². The summed E-state index contributed by atoms with van der Waals surface area (Å²) in [4.78, 5) is 1.67. The molecule has 0 aliphatic rings. The Kier molecular flexibility index (Phi) is 3.82. The van der Waals surface area contributed by atoms with E-state index in [9.17, 15) is 4.39 Å². The number of benzene rings is 2. The summed E-state index contributed by atoms with van der Waals surface area (Å²) in [6.07, 6.45) is 0. The minimum atomic E-state index is -0.210.